The smallest absolute Gasteiger partial charge is 0.256 e. The van der Waals surface area contributed by atoms with Gasteiger partial charge in [0.25, 0.3) is 13.4 Å². The number of para-hydroxylation sites is 6. The third-order valence-corrected chi connectivity index (χ3v) is 27.2. The van der Waals surface area contributed by atoms with E-state index in [1.165, 1.54) is 82.4 Å². The number of hydrogen-bond donors (Lipinski definition) is 0. The van der Waals surface area contributed by atoms with Gasteiger partial charge in [-0.15, -0.1) is 34.0 Å². The third-order valence-electron chi connectivity index (χ3n) is 23.6. The predicted molar refractivity (Wildman–Crippen MR) is 485 cm³/mol. The molecule has 0 saturated heterocycles. The van der Waals surface area contributed by atoms with E-state index in [0.717, 1.165) is 130 Å². The van der Waals surface area contributed by atoms with Gasteiger partial charge in [0.1, 0.15) is 11.5 Å². The Hall–Kier alpha value is -13.7. The first-order valence-electron chi connectivity index (χ1n) is 38.6. The Morgan fingerprint density at radius 2 is 0.655 bits per heavy atom. The Balaban J connectivity index is 0.793. The lowest BCUT2D eigenvalue weighted by Crippen LogP contribution is -2.64. The van der Waals surface area contributed by atoms with E-state index in [2.05, 4.69) is 407 Å². The summed E-state index contributed by atoms with van der Waals surface area (Å²) in [5.41, 5.74) is 27.7. The first kappa shape index (κ1) is 64.2. The van der Waals surface area contributed by atoms with Gasteiger partial charge in [0.15, 0.2) is 0 Å². The Morgan fingerprint density at radius 3 is 1.21 bits per heavy atom. The van der Waals surface area contributed by atoms with Crippen LogP contribution < -0.4 is 62.0 Å². The summed E-state index contributed by atoms with van der Waals surface area (Å²) in [4.78, 5) is 12.8. The van der Waals surface area contributed by atoms with Gasteiger partial charge in [0, 0.05) is 121 Å². The monoisotopic (exact) mass is 1490 g/mol. The van der Waals surface area contributed by atoms with Crippen LogP contribution in [0.1, 0.15) is 0 Å². The highest BCUT2D eigenvalue weighted by Gasteiger charge is 2.49. The van der Waals surface area contributed by atoms with Gasteiger partial charge in [-0.2, -0.15) is 0 Å². The molecule has 4 aliphatic rings. The lowest BCUT2D eigenvalue weighted by atomic mass is 9.30. The van der Waals surface area contributed by atoms with Crippen molar-refractivity contribution < 1.29 is 4.74 Å². The van der Waals surface area contributed by atoms with Gasteiger partial charge in [-0.1, -0.05) is 267 Å². The van der Waals surface area contributed by atoms with Crippen LogP contribution in [-0.4, -0.2) is 13.4 Å². The third kappa shape index (κ3) is 9.79. The number of rotatable bonds is 11. The number of anilines is 15. The van der Waals surface area contributed by atoms with Gasteiger partial charge in [-0.3, -0.25) is 0 Å². The van der Waals surface area contributed by atoms with Crippen molar-refractivity contribution in [3.05, 3.63) is 382 Å². The van der Waals surface area contributed by atoms with E-state index >= 15 is 0 Å². The standard InChI is InChI=1S/C102H63B2N5OS3/c1-6-30-64(31-7-1)71-43-26-44-72(65-32-8-2-9-33-65)99(71)106(67-36-12-4-13-37-67)70-60-91-98-93(61-70)110-92-63-88-81(62-82(92)104(98)80-49-20-22-51-84(80)109(91)87-54-29-47-78-75-42-18-25-57-96(75)113-102(78)87)103-79-48-19-21-50-83(79)108(86-53-28-46-77-74-41-17-24-56-95(74)112-101(77)86)90-59-69(58-89(97(90)103)107(88)68-38-14-5-15-39-68)105(66-34-10-3-11-35-66)85-52-27-45-76-73-40-16-23-55-94(73)111-100(76)85/h1-63H. The highest BCUT2D eigenvalue weighted by molar-refractivity contribution is 7.27. The van der Waals surface area contributed by atoms with Crippen LogP contribution >= 0.6 is 34.0 Å². The molecule has 0 spiro atoms. The maximum Gasteiger partial charge on any atom is 0.256 e. The molecular weight excluding hydrogens is 1430 g/mol. The number of benzene rings is 17. The van der Waals surface area contributed by atoms with Crippen molar-refractivity contribution in [3.8, 4) is 33.8 Å². The minimum absolute atomic E-state index is 0.244. The number of ether oxygens (including phenoxy) is 1. The van der Waals surface area contributed by atoms with Crippen molar-refractivity contribution in [1.29, 1.82) is 0 Å². The highest BCUT2D eigenvalue weighted by atomic mass is 32.1. The van der Waals surface area contributed by atoms with Crippen molar-refractivity contribution in [1.82, 2.24) is 0 Å². The largest absolute Gasteiger partial charge is 0.458 e. The fourth-order valence-corrected chi connectivity index (χ4v) is 22.6. The summed E-state index contributed by atoms with van der Waals surface area (Å²) >= 11 is 5.61. The lowest BCUT2D eigenvalue weighted by molar-refractivity contribution is 0.488. The molecule has 0 fully saturated rings. The molecule has 17 aromatic carbocycles. The zero-order valence-corrected chi connectivity index (χ0v) is 63.3. The molecule has 4 aliphatic heterocycles. The summed E-state index contributed by atoms with van der Waals surface area (Å²) in [7, 11) is 0. The minimum Gasteiger partial charge on any atom is -0.458 e. The Bertz CT molecular complexity index is 7240. The van der Waals surface area contributed by atoms with Crippen LogP contribution in [0.5, 0.6) is 11.5 Å². The lowest BCUT2D eigenvalue weighted by Gasteiger charge is -2.46. The van der Waals surface area contributed by atoms with E-state index in [1.54, 1.807) is 0 Å². The molecule has 3 aromatic heterocycles. The molecule has 0 N–H and O–H groups in total. The van der Waals surface area contributed by atoms with E-state index in [4.69, 9.17) is 4.74 Å². The van der Waals surface area contributed by atoms with Gasteiger partial charge in [-0.05, 0) is 147 Å². The summed E-state index contributed by atoms with van der Waals surface area (Å²) in [5.74, 6) is 1.61. The number of nitrogens with zero attached hydrogens (tertiary/aromatic N) is 5. The van der Waals surface area contributed by atoms with E-state index in [0.29, 0.717) is 0 Å². The maximum atomic E-state index is 8.16. The SMILES string of the molecule is c1ccc(-c2cccc(-c3ccccc3)c2N(c2ccccc2)c2cc3c4c(c2)N(c2cccc5c2sc2ccccc25)c2ccccc2B4c2cc4c(cc2O3)N(c2ccccc2)c2cc(N(c3ccccc3)c3cccc5c3sc3ccccc35)cc3c2B4c2ccccc2N3c2cccc3c2sc2ccccc23)cc1. The van der Waals surface area contributed by atoms with Crippen molar-refractivity contribution >= 4 is 226 Å². The Labute approximate surface area is 666 Å². The van der Waals surface area contributed by atoms with Crippen molar-refractivity contribution in [2.45, 2.75) is 0 Å². The van der Waals surface area contributed by atoms with Crippen LogP contribution in [0.3, 0.4) is 0 Å². The summed E-state index contributed by atoms with van der Waals surface area (Å²) < 4.78 is 15.6. The highest BCUT2D eigenvalue weighted by Crippen LogP contribution is 2.56. The molecule has 0 bridgehead atoms. The quantitative estimate of drug-likeness (QED) is 0.120. The topological polar surface area (TPSA) is 25.4 Å². The molecular formula is C102H63B2N5OS3. The van der Waals surface area contributed by atoms with Gasteiger partial charge in [0.05, 0.1) is 48.2 Å². The summed E-state index contributed by atoms with van der Waals surface area (Å²) in [6.45, 7) is -0.518. The second-order valence-electron chi connectivity index (χ2n) is 29.7. The van der Waals surface area contributed by atoms with Gasteiger partial charge >= 0.3 is 0 Å². The van der Waals surface area contributed by atoms with Gasteiger partial charge < -0.3 is 29.2 Å². The molecule has 0 atom stereocenters. The predicted octanol–water partition coefficient (Wildman–Crippen LogP) is 25.6. The number of thiophene rings is 3. The Kier molecular flexibility index (Phi) is 14.5. The molecule has 0 unspecified atom stereocenters. The average molecular weight is 1490 g/mol. The van der Waals surface area contributed by atoms with Crippen molar-refractivity contribution in [2.75, 3.05) is 24.5 Å². The molecule has 526 valence electrons. The van der Waals surface area contributed by atoms with Gasteiger partial charge in [-0.25, -0.2) is 0 Å². The van der Waals surface area contributed by atoms with Crippen molar-refractivity contribution in [3.63, 3.8) is 0 Å². The normalized spacial score (nSPS) is 12.9. The Morgan fingerprint density at radius 1 is 0.248 bits per heavy atom. The molecule has 24 rings (SSSR count). The second-order valence-corrected chi connectivity index (χ2v) is 32.8. The second kappa shape index (κ2) is 25.4. The number of hydrogen-bond acceptors (Lipinski definition) is 9. The van der Waals surface area contributed by atoms with Crippen molar-refractivity contribution in [2.24, 2.45) is 0 Å². The van der Waals surface area contributed by atoms with Gasteiger partial charge in [0.2, 0.25) is 0 Å². The van der Waals surface area contributed by atoms with Crippen LogP contribution in [0.15, 0.2) is 382 Å². The fraction of sp³-hybridized carbons (Fsp3) is 0. The molecule has 7 heterocycles. The molecule has 0 aliphatic carbocycles. The average Bonchev–Trinajstić information content (AvgIpc) is 0.706. The molecule has 0 saturated carbocycles. The van der Waals surface area contributed by atoms with E-state index in [1.807, 2.05) is 34.0 Å². The first-order valence-corrected chi connectivity index (χ1v) is 41.0. The molecule has 20 aromatic rings. The first-order chi connectivity index (χ1) is 56.1. The molecule has 0 amide bonds. The van der Waals surface area contributed by atoms with Crippen LogP contribution in [-0.2, 0) is 0 Å². The van der Waals surface area contributed by atoms with Crippen LogP contribution in [0.25, 0.3) is 82.8 Å². The minimum atomic E-state index is -0.274. The summed E-state index contributed by atoms with van der Waals surface area (Å²) in [5, 5.41) is 7.50. The molecule has 0 radical (unpaired) electrons. The molecule has 11 heteroatoms. The van der Waals surface area contributed by atoms with E-state index in [-0.39, 0.29) is 13.4 Å². The zero-order chi connectivity index (χ0) is 73.9. The molecule has 113 heavy (non-hydrogen) atoms. The van der Waals surface area contributed by atoms with Crippen LogP contribution in [0.4, 0.5) is 85.3 Å². The number of fused-ring (bicyclic) bond motifs is 17. The van der Waals surface area contributed by atoms with E-state index in [9.17, 15) is 0 Å². The van der Waals surface area contributed by atoms with Crippen LogP contribution in [0, 0.1) is 0 Å². The zero-order valence-electron chi connectivity index (χ0n) is 60.9. The molecule has 6 nitrogen and oxygen atoms in total. The summed E-state index contributed by atoms with van der Waals surface area (Å²) in [6, 6.07) is 142. The van der Waals surface area contributed by atoms with E-state index < -0.39 is 0 Å². The van der Waals surface area contributed by atoms with Crippen LogP contribution in [0.2, 0.25) is 0 Å². The summed E-state index contributed by atoms with van der Waals surface area (Å²) in [6.07, 6.45) is 0. The maximum absolute atomic E-state index is 8.16. The fourth-order valence-electron chi connectivity index (χ4n) is 18.9.